The topological polar surface area (TPSA) is 47.0 Å². The lowest BCUT2D eigenvalue weighted by atomic mass is 10.3. The van der Waals surface area contributed by atoms with E-state index in [1.807, 2.05) is 0 Å². The Hall–Kier alpha value is -0.680. The van der Waals surface area contributed by atoms with Gasteiger partial charge in [-0.2, -0.15) is 0 Å². The summed E-state index contributed by atoms with van der Waals surface area (Å²) in [5, 5.41) is 13.3. The standard InChI is InChI=1S/C11H17N3OS/c1-2-8(1)5-6-15-11-14-13-10(16-11)7-12-9-3-4-9/h8-9,12H,1-7H2. The fourth-order valence-corrected chi connectivity index (χ4v) is 2.27. The van der Waals surface area contributed by atoms with Crippen LogP contribution in [-0.4, -0.2) is 22.8 Å². The first-order valence-electron chi connectivity index (χ1n) is 6.09. The zero-order valence-corrected chi connectivity index (χ0v) is 10.1. The highest BCUT2D eigenvalue weighted by Crippen LogP contribution is 2.32. The molecule has 88 valence electrons. The van der Waals surface area contributed by atoms with Gasteiger partial charge in [0.25, 0.3) is 5.19 Å². The van der Waals surface area contributed by atoms with Crippen molar-refractivity contribution in [3.8, 4) is 5.19 Å². The highest BCUT2D eigenvalue weighted by Gasteiger charge is 2.22. The number of nitrogens with zero attached hydrogens (tertiary/aromatic N) is 2. The van der Waals surface area contributed by atoms with Gasteiger partial charge in [-0.15, -0.1) is 10.2 Å². The molecule has 16 heavy (non-hydrogen) atoms. The second-order valence-electron chi connectivity index (χ2n) is 4.70. The summed E-state index contributed by atoms with van der Waals surface area (Å²) in [7, 11) is 0. The molecule has 2 saturated carbocycles. The van der Waals surface area contributed by atoms with Crippen molar-refractivity contribution in [1.29, 1.82) is 0 Å². The van der Waals surface area contributed by atoms with E-state index in [1.165, 1.54) is 32.1 Å². The molecule has 0 amide bonds. The van der Waals surface area contributed by atoms with E-state index in [-0.39, 0.29) is 0 Å². The maximum atomic E-state index is 5.58. The summed E-state index contributed by atoms with van der Waals surface area (Å²) < 4.78 is 5.58. The van der Waals surface area contributed by atoms with Crippen LogP contribution in [0.4, 0.5) is 0 Å². The molecule has 2 aliphatic rings. The number of hydrogen-bond acceptors (Lipinski definition) is 5. The Bertz CT molecular complexity index is 347. The molecule has 0 radical (unpaired) electrons. The van der Waals surface area contributed by atoms with Gasteiger partial charge in [0.2, 0.25) is 0 Å². The smallest absolute Gasteiger partial charge is 0.294 e. The van der Waals surface area contributed by atoms with Crippen LogP contribution in [0.25, 0.3) is 0 Å². The average Bonchev–Trinajstić information content (AvgIpc) is 3.18. The van der Waals surface area contributed by atoms with Crippen LogP contribution in [-0.2, 0) is 6.54 Å². The van der Waals surface area contributed by atoms with Crippen LogP contribution >= 0.6 is 11.3 Å². The fourth-order valence-electron chi connectivity index (χ4n) is 1.61. The Balaban J connectivity index is 1.39. The van der Waals surface area contributed by atoms with Crippen molar-refractivity contribution in [3.63, 3.8) is 0 Å². The quantitative estimate of drug-likeness (QED) is 0.790. The number of aromatic nitrogens is 2. The van der Waals surface area contributed by atoms with E-state index in [0.29, 0.717) is 0 Å². The first-order valence-corrected chi connectivity index (χ1v) is 6.90. The Morgan fingerprint density at radius 1 is 1.25 bits per heavy atom. The summed E-state index contributed by atoms with van der Waals surface area (Å²) in [4.78, 5) is 0. The second kappa shape index (κ2) is 4.67. The summed E-state index contributed by atoms with van der Waals surface area (Å²) in [6.45, 7) is 1.64. The van der Waals surface area contributed by atoms with Gasteiger partial charge < -0.3 is 10.1 Å². The predicted octanol–water partition coefficient (Wildman–Crippen LogP) is 1.97. The van der Waals surface area contributed by atoms with Gasteiger partial charge in [0.1, 0.15) is 5.01 Å². The van der Waals surface area contributed by atoms with Crippen molar-refractivity contribution in [2.45, 2.75) is 44.7 Å². The maximum absolute atomic E-state index is 5.58. The monoisotopic (exact) mass is 239 g/mol. The van der Waals surface area contributed by atoms with Crippen LogP contribution in [0.5, 0.6) is 5.19 Å². The molecule has 0 unspecified atom stereocenters. The third-order valence-electron chi connectivity index (χ3n) is 3.02. The zero-order chi connectivity index (χ0) is 10.8. The minimum atomic E-state index is 0.725. The van der Waals surface area contributed by atoms with Crippen molar-refractivity contribution in [2.24, 2.45) is 5.92 Å². The Morgan fingerprint density at radius 2 is 2.12 bits per heavy atom. The maximum Gasteiger partial charge on any atom is 0.294 e. The molecule has 3 rings (SSSR count). The number of hydrogen-bond donors (Lipinski definition) is 1. The third kappa shape index (κ3) is 3.15. The van der Waals surface area contributed by atoms with Crippen LogP contribution < -0.4 is 10.1 Å². The molecular weight excluding hydrogens is 222 g/mol. The molecule has 1 N–H and O–H groups in total. The third-order valence-corrected chi connectivity index (χ3v) is 3.85. The van der Waals surface area contributed by atoms with Crippen molar-refractivity contribution in [1.82, 2.24) is 15.5 Å². The number of nitrogens with one attached hydrogen (secondary N) is 1. The first-order chi connectivity index (χ1) is 7.90. The van der Waals surface area contributed by atoms with E-state index in [0.717, 1.165) is 35.3 Å². The van der Waals surface area contributed by atoms with Crippen molar-refractivity contribution in [3.05, 3.63) is 5.01 Å². The van der Waals surface area contributed by atoms with Crippen LogP contribution in [0, 0.1) is 5.92 Å². The van der Waals surface area contributed by atoms with Gasteiger partial charge in [-0.25, -0.2) is 0 Å². The van der Waals surface area contributed by atoms with E-state index >= 15 is 0 Å². The molecule has 0 saturated heterocycles. The molecule has 0 aliphatic heterocycles. The lowest BCUT2D eigenvalue weighted by Gasteiger charge is -1.99. The van der Waals surface area contributed by atoms with Gasteiger partial charge in [-0.05, 0) is 25.2 Å². The fraction of sp³-hybridized carbons (Fsp3) is 0.818. The second-order valence-corrected chi connectivity index (χ2v) is 5.72. The highest BCUT2D eigenvalue weighted by atomic mass is 32.1. The minimum Gasteiger partial charge on any atom is -0.469 e. The molecule has 2 aliphatic carbocycles. The van der Waals surface area contributed by atoms with E-state index in [1.54, 1.807) is 11.3 Å². The van der Waals surface area contributed by atoms with Crippen molar-refractivity contribution >= 4 is 11.3 Å². The molecule has 4 nitrogen and oxygen atoms in total. The summed E-state index contributed by atoms with van der Waals surface area (Å²) in [6, 6.07) is 0.725. The SMILES string of the molecule is C(CC1CC1)Oc1nnc(CNC2CC2)s1. The van der Waals surface area contributed by atoms with Gasteiger partial charge in [0.15, 0.2) is 0 Å². The lowest BCUT2D eigenvalue weighted by Crippen LogP contribution is -2.14. The molecule has 2 fully saturated rings. The molecule has 0 aromatic carbocycles. The van der Waals surface area contributed by atoms with Crippen LogP contribution in [0.1, 0.15) is 37.1 Å². The van der Waals surface area contributed by atoms with E-state index in [9.17, 15) is 0 Å². The molecular formula is C11H17N3OS. The van der Waals surface area contributed by atoms with Crippen LogP contribution in [0.3, 0.4) is 0 Å². The minimum absolute atomic E-state index is 0.725. The predicted molar refractivity (Wildman–Crippen MR) is 62.6 cm³/mol. The van der Waals surface area contributed by atoms with Crippen molar-refractivity contribution in [2.75, 3.05) is 6.61 Å². The van der Waals surface area contributed by atoms with Gasteiger partial charge in [0, 0.05) is 6.04 Å². The zero-order valence-electron chi connectivity index (χ0n) is 9.32. The molecule has 5 heteroatoms. The molecule has 1 aromatic heterocycles. The molecule has 0 atom stereocenters. The Kier molecular flexibility index (Phi) is 3.06. The van der Waals surface area contributed by atoms with Crippen LogP contribution in [0.15, 0.2) is 0 Å². The molecule has 0 bridgehead atoms. The Labute approximate surface area is 99.4 Å². The van der Waals surface area contributed by atoms with Gasteiger partial charge in [0.05, 0.1) is 13.2 Å². The highest BCUT2D eigenvalue weighted by molar-refractivity contribution is 7.13. The number of ether oxygens (including phenoxy) is 1. The molecule has 1 heterocycles. The molecule has 0 spiro atoms. The van der Waals surface area contributed by atoms with E-state index in [4.69, 9.17) is 4.74 Å². The van der Waals surface area contributed by atoms with E-state index in [2.05, 4.69) is 15.5 Å². The summed E-state index contributed by atoms with van der Waals surface area (Å²) >= 11 is 1.57. The van der Waals surface area contributed by atoms with Crippen LogP contribution in [0.2, 0.25) is 0 Å². The average molecular weight is 239 g/mol. The Morgan fingerprint density at radius 3 is 2.88 bits per heavy atom. The van der Waals surface area contributed by atoms with E-state index < -0.39 is 0 Å². The van der Waals surface area contributed by atoms with Crippen molar-refractivity contribution < 1.29 is 4.74 Å². The number of rotatable bonds is 7. The summed E-state index contributed by atoms with van der Waals surface area (Å²) in [6.07, 6.45) is 6.56. The normalized spacial score (nSPS) is 20.0. The largest absolute Gasteiger partial charge is 0.469 e. The van der Waals surface area contributed by atoms with Gasteiger partial charge in [-0.1, -0.05) is 24.2 Å². The van der Waals surface area contributed by atoms with Gasteiger partial charge >= 0.3 is 0 Å². The lowest BCUT2D eigenvalue weighted by molar-refractivity contribution is 0.298. The first kappa shape index (κ1) is 10.5. The summed E-state index contributed by atoms with van der Waals surface area (Å²) in [5.41, 5.74) is 0. The molecule has 1 aromatic rings. The summed E-state index contributed by atoms with van der Waals surface area (Å²) in [5.74, 6) is 0.920. The van der Waals surface area contributed by atoms with Gasteiger partial charge in [-0.3, -0.25) is 0 Å².